The lowest BCUT2D eigenvalue weighted by Crippen LogP contribution is -2.17. The summed E-state index contributed by atoms with van der Waals surface area (Å²) in [5.41, 5.74) is 17.9. The highest BCUT2D eigenvalue weighted by atomic mass is 16.3. The summed E-state index contributed by atoms with van der Waals surface area (Å²) < 4.78 is 6.82. The topological polar surface area (TPSA) is 25.5 Å². The minimum Gasteiger partial charge on any atom is -0.456 e. The number of nitrogens with zero attached hydrogens (tertiary/aromatic N) is 1. The van der Waals surface area contributed by atoms with Gasteiger partial charge in [-0.2, -0.15) is 0 Å². The number of fused-ring (bicyclic) bond motifs is 5. The largest absolute Gasteiger partial charge is 0.456 e. The SMILES string of the molecule is CC1=C(c2ccc(-c3ccccc3)cc2)CCC(C)C(c2cc(C(C)c3ccccc3-c3cc4ccccc4cc3C)c3c(c2)oc2ccccc23)N=C1c1ccc2ccccc2c1. The fourth-order valence-electron chi connectivity index (χ4n) is 10.5. The number of aliphatic imine (C=N–C) groups is 1. The highest BCUT2D eigenvalue weighted by Gasteiger charge is 2.29. The molecule has 0 bridgehead atoms. The van der Waals surface area contributed by atoms with Gasteiger partial charge in [-0.05, 0) is 140 Å². The van der Waals surface area contributed by atoms with Crippen molar-refractivity contribution in [1.29, 1.82) is 0 Å². The Morgan fingerprint density at radius 3 is 1.94 bits per heavy atom. The molecule has 0 saturated carbocycles. The lowest BCUT2D eigenvalue weighted by molar-refractivity contribution is 0.444. The number of hydrogen-bond acceptors (Lipinski definition) is 2. The van der Waals surface area contributed by atoms with Gasteiger partial charge in [-0.25, -0.2) is 0 Å². The summed E-state index contributed by atoms with van der Waals surface area (Å²) in [7, 11) is 0. The molecule has 3 atom stereocenters. The van der Waals surface area contributed by atoms with Gasteiger partial charge < -0.3 is 4.42 Å². The number of allylic oxidation sites excluding steroid dienone is 2. The van der Waals surface area contributed by atoms with E-state index < -0.39 is 0 Å². The fraction of sp³-hybridized carbons (Fsp3) is 0.145. The van der Waals surface area contributed by atoms with Crippen molar-refractivity contribution in [1.82, 2.24) is 0 Å². The van der Waals surface area contributed by atoms with Gasteiger partial charge in [0.1, 0.15) is 11.2 Å². The molecule has 2 nitrogen and oxygen atoms in total. The van der Waals surface area contributed by atoms with Crippen LogP contribution < -0.4 is 0 Å². The minimum absolute atomic E-state index is 0.0606. The van der Waals surface area contributed by atoms with Crippen LogP contribution in [-0.4, -0.2) is 5.71 Å². The van der Waals surface area contributed by atoms with Crippen molar-refractivity contribution < 1.29 is 4.42 Å². The van der Waals surface area contributed by atoms with Crippen molar-refractivity contribution in [2.24, 2.45) is 10.9 Å². The summed E-state index contributed by atoms with van der Waals surface area (Å²) in [5, 5.41) is 7.31. The molecule has 1 aliphatic rings. The smallest absolute Gasteiger partial charge is 0.136 e. The van der Waals surface area contributed by atoms with Crippen molar-refractivity contribution in [2.75, 3.05) is 0 Å². The number of benzene rings is 9. The van der Waals surface area contributed by atoms with Crippen LogP contribution in [-0.2, 0) is 0 Å². The first kappa shape index (κ1) is 39.5. The first-order valence-electron chi connectivity index (χ1n) is 22.8. The van der Waals surface area contributed by atoms with E-state index in [-0.39, 0.29) is 17.9 Å². The molecule has 1 aliphatic heterocycles. The zero-order valence-corrected chi connectivity index (χ0v) is 37.0. The van der Waals surface area contributed by atoms with Crippen LogP contribution in [0.3, 0.4) is 0 Å². The van der Waals surface area contributed by atoms with E-state index in [2.05, 4.69) is 222 Å². The summed E-state index contributed by atoms with van der Waals surface area (Å²) in [5.74, 6) is 0.310. The van der Waals surface area contributed by atoms with E-state index in [4.69, 9.17) is 9.41 Å². The van der Waals surface area contributed by atoms with Gasteiger partial charge in [0, 0.05) is 22.3 Å². The molecule has 310 valence electrons. The molecule has 0 spiro atoms. The van der Waals surface area contributed by atoms with Crippen molar-refractivity contribution in [3.63, 3.8) is 0 Å². The first-order chi connectivity index (χ1) is 31.4. The van der Waals surface area contributed by atoms with Crippen molar-refractivity contribution >= 4 is 54.8 Å². The van der Waals surface area contributed by atoms with Gasteiger partial charge in [-0.1, -0.05) is 184 Å². The summed E-state index contributed by atoms with van der Waals surface area (Å²) in [6, 6.07) is 70.9. The van der Waals surface area contributed by atoms with E-state index in [0.717, 1.165) is 40.7 Å². The van der Waals surface area contributed by atoms with Crippen LogP contribution in [0.25, 0.3) is 71.3 Å². The Morgan fingerprint density at radius 1 is 0.516 bits per heavy atom. The van der Waals surface area contributed by atoms with Crippen LogP contribution in [0.15, 0.2) is 209 Å². The monoisotopic (exact) mass is 825 g/mol. The summed E-state index contributed by atoms with van der Waals surface area (Å²) in [6.45, 7) is 9.31. The molecule has 2 heteroatoms. The second-order valence-electron chi connectivity index (χ2n) is 18.0. The maximum atomic E-state index is 6.82. The third-order valence-electron chi connectivity index (χ3n) is 14.0. The molecule has 11 rings (SSSR count). The van der Waals surface area contributed by atoms with E-state index in [1.165, 1.54) is 88.1 Å². The number of aryl methyl sites for hydroxylation is 1. The second-order valence-corrected chi connectivity index (χ2v) is 18.0. The molecule has 9 aromatic carbocycles. The molecule has 64 heavy (non-hydrogen) atoms. The van der Waals surface area contributed by atoms with Crippen molar-refractivity contribution in [3.8, 4) is 22.3 Å². The standard InChI is InChI=1S/C62H51NO/c1-39-26-33-52(46-30-27-45(28-31-46)43-16-6-5-7-17-43)42(4)62(50-32-29-44-18-8-9-20-48(44)35-50)63-61(39)51-37-57(60-55-24-14-15-25-58(55)64-59(60)38-51)41(3)53-22-12-13-23-54(53)56-36-49-21-11-10-19-47(49)34-40(56)2/h5-25,27-32,34-39,41,61H,26,33H2,1-4H3. The quantitative estimate of drug-likeness (QED) is 0.157. The van der Waals surface area contributed by atoms with E-state index in [0.29, 0.717) is 0 Å². The molecule has 10 aromatic rings. The molecule has 0 aliphatic carbocycles. The number of furan rings is 1. The fourth-order valence-corrected chi connectivity index (χ4v) is 10.5. The predicted octanol–water partition coefficient (Wildman–Crippen LogP) is 17.1. The van der Waals surface area contributed by atoms with Crippen LogP contribution in [0.1, 0.15) is 79.0 Å². The Labute approximate surface area is 376 Å². The molecular weight excluding hydrogens is 775 g/mol. The molecule has 1 aromatic heterocycles. The first-order valence-corrected chi connectivity index (χ1v) is 22.8. The van der Waals surface area contributed by atoms with Gasteiger partial charge in [0.25, 0.3) is 0 Å². The Kier molecular flexibility index (Phi) is 10.2. The van der Waals surface area contributed by atoms with E-state index in [9.17, 15) is 0 Å². The van der Waals surface area contributed by atoms with Crippen molar-refractivity contribution in [3.05, 3.63) is 233 Å². The zero-order chi connectivity index (χ0) is 43.3. The van der Waals surface area contributed by atoms with Crippen molar-refractivity contribution in [2.45, 2.75) is 52.5 Å². The number of hydrogen-bond donors (Lipinski definition) is 0. The second kappa shape index (κ2) is 16.4. The average molecular weight is 826 g/mol. The third kappa shape index (κ3) is 7.14. The maximum Gasteiger partial charge on any atom is 0.136 e. The molecule has 2 heterocycles. The normalized spacial score (nSPS) is 16.3. The summed E-state index contributed by atoms with van der Waals surface area (Å²) in [4.78, 5) is 5.94. The van der Waals surface area contributed by atoms with Crippen LogP contribution >= 0.6 is 0 Å². The van der Waals surface area contributed by atoms with Crippen LogP contribution in [0.2, 0.25) is 0 Å². The number of rotatable bonds is 7. The summed E-state index contributed by atoms with van der Waals surface area (Å²) >= 11 is 0. The number of para-hydroxylation sites is 1. The molecular formula is C62H51NO. The Hall–Kier alpha value is -7.29. The molecule has 3 unspecified atom stereocenters. The van der Waals surface area contributed by atoms with Gasteiger partial charge >= 0.3 is 0 Å². The Morgan fingerprint density at radius 2 is 1.14 bits per heavy atom. The zero-order valence-electron chi connectivity index (χ0n) is 37.0. The Balaban J connectivity index is 1.09. The van der Waals surface area contributed by atoms with E-state index >= 15 is 0 Å². The molecule has 0 saturated heterocycles. The minimum atomic E-state index is -0.0973. The lowest BCUT2D eigenvalue weighted by Gasteiger charge is -2.28. The third-order valence-corrected chi connectivity index (χ3v) is 14.0. The van der Waals surface area contributed by atoms with Crippen LogP contribution in [0.5, 0.6) is 0 Å². The van der Waals surface area contributed by atoms with E-state index in [1.54, 1.807) is 0 Å². The van der Waals surface area contributed by atoms with Crippen LogP contribution in [0, 0.1) is 12.8 Å². The molecule has 0 amide bonds. The van der Waals surface area contributed by atoms with E-state index in [1.807, 2.05) is 0 Å². The maximum absolute atomic E-state index is 6.82. The molecule has 0 radical (unpaired) electrons. The molecule has 0 fully saturated rings. The van der Waals surface area contributed by atoms with Gasteiger partial charge in [0.15, 0.2) is 0 Å². The van der Waals surface area contributed by atoms with Gasteiger partial charge in [0.05, 0.1) is 11.8 Å². The van der Waals surface area contributed by atoms with Gasteiger partial charge in [0.2, 0.25) is 0 Å². The van der Waals surface area contributed by atoms with Crippen LogP contribution in [0.4, 0.5) is 0 Å². The highest BCUT2D eigenvalue weighted by molar-refractivity contribution is 6.17. The van der Waals surface area contributed by atoms with Gasteiger partial charge in [-0.15, -0.1) is 0 Å². The molecule has 0 N–H and O–H groups in total. The Bertz CT molecular complexity index is 3440. The predicted molar refractivity (Wildman–Crippen MR) is 271 cm³/mol. The van der Waals surface area contributed by atoms with Gasteiger partial charge in [-0.3, -0.25) is 4.99 Å². The average Bonchev–Trinajstić information content (AvgIpc) is 3.72. The lowest BCUT2D eigenvalue weighted by atomic mass is 9.80. The highest BCUT2D eigenvalue weighted by Crippen LogP contribution is 2.45. The summed E-state index contributed by atoms with van der Waals surface area (Å²) in [6.07, 6.45) is 1.95.